The van der Waals surface area contributed by atoms with Crippen LogP contribution >= 0.6 is 11.6 Å². The number of carbonyl (C=O) groups is 1. The van der Waals surface area contributed by atoms with Crippen molar-refractivity contribution in [3.63, 3.8) is 0 Å². The van der Waals surface area contributed by atoms with Crippen LogP contribution in [0.2, 0.25) is 5.02 Å². The molecule has 180 valence electrons. The first kappa shape index (κ1) is 23.0. The van der Waals surface area contributed by atoms with Gasteiger partial charge in [0.15, 0.2) is 17.1 Å². The number of halogens is 4. The minimum atomic E-state index is -4.58. The molecule has 0 bridgehead atoms. The van der Waals surface area contributed by atoms with Crippen molar-refractivity contribution >= 4 is 28.6 Å². The van der Waals surface area contributed by atoms with Crippen LogP contribution in [0.5, 0.6) is 11.5 Å². The molecule has 0 saturated carbocycles. The van der Waals surface area contributed by atoms with E-state index in [2.05, 4.69) is 10.1 Å². The summed E-state index contributed by atoms with van der Waals surface area (Å²) in [4.78, 5) is 17.5. The van der Waals surface area contributed by atoms with Crippen molar-refractivity contribution in [2.75, 3.05) is 13.4 Å². The first-order valence-corrected chi connectivity index (χ1v) is 10.9. The van der Waals surface area contributed by atoms with Gasteiger partial charge in [-0.25, -0.2) is 14.5 Å². The highest BCUT2D eigenvalue weighted by molar-refractivity contribution is 6.32. The Kier molecular flexibility index (Phi) is 5.55. The van der Waals surface area contributed by atoms with Gasteiger partial charge in [0.25, 0.3) is 0 Å². The summed E-state index contributed by atoms with van der Waals surface area (Å²) in [6, 6.07) is 9.64. The molecule has 0 saturated heterocycles. The van der Waals surface area contributed by atoms with E-state index in [1.54, 1.807) is 38.1 Å². The summed E-state index contributed by atoms with van der Waals surface area (Å²) in [5.41, 5.74) is 0.755. The fourth-order valence-electron chi connectivity index (χ4n) is 3.88. The molecular formula is C24H17ClF3N3O4. The highest BCUT2D eigenvalue weighted by atomic mass is 35.5. The number of benzene rings is 2. The summed E-state index contributed by atoms with van der Waals surface area (Å²) in [5, 5.41) is 4.78. The van der Waals surface area contributed by atoms with E-state index in [1.165, 1.54) is 4.68 Å². The molecule has 0 atom stereocenters. The molecule has 4 aromatic rings. The van der Waals surface area contributed by atoms with E-state index in [0.29, 0.717) is 33.8 Å². The average molecular weight is 504 g/mol. The lowest BCUT2D eigenvalue weighted by Gasteiger charge is -2.12. The normalized spacial score (nSPS) is 12.9. The molecular weight excluding hydrogens is 487 g/mol. The maximum atomic E-state index is 13.4. The quantitative estimate of drug-likeness (QED) is 0.319. The van der Waals surface area contributed by atoms with Gasteiger partial charge in [-0.15, -0.1) is 0 Å². The summed E-state index contributed by atoms with van der Waals surface area (Å²) >= 11 is 6.29. The molecule has 0 radical (unpaired) electrons. The van der Waals surface area contributed by atoms with Crippen molar-refractivity contribution in [1.82, 2.24) is 14.8 Å². The van der Waals surface area contributed by atoms with Gasteiger partial charge in [-0.3, -0.25) is 0 Å². The zero-order valence-corrected chi connectivity index (χ0v) is 19.2. The van der Waals surface area contributed by atoms with Crippen LogP contribution in [0.25, 0.3) is 28.0 Å². The fraction of sp³-hybridized carbons (Fsp3) is 0.208. The van der Waals surface area contributed by atoms with Crippen LogP contribution in [0, 0.1) is 6.92 Å². The Balaban J connectivity index is 1.78. The molecule has 35 heavy (non-hydrogen) atoms. The second kappa shape index (κ2) is 8.46. The Morgan fingerprint density at radius 1 is 1.14 bits per heavy atom. The number of carbonyl (C=O) groups excluding carboxylic acids is 1. The average Bonchev–Trinajstić information content (AvgIpc) is 3.42. The van der Waals surface area contributed by atoms with Crippen LogP contribution in [0.4, 0.5) is 13.2 Å². The van der Waals surface area contributed by atoms with Gasteiger partial charge in [-0.05, 0) is 56.3 Å². The fourth-order valence-corrected chi connectivity index (χ4v) is 4.08. The maximum absolute atomic E-state index is 13.4. The predicted molar refractivity (Wildman–Crippen MR) is 121 cm³/mol. The van der Waals surface area contributed by atoms with Gasteiger partial charge >= 0.3 is 12.1 Å². The van der Waals surface area contributed by atoms with Crippen molar-refractivity contribution < 1.29 is 32.2 Å². The van der Waals surface area contributed by atoms with Gasteiger partial charge in [-0.2, -0.15) is 18.3 Å². The zero-order valence-electron chi connectivity index (χ0n) is 18.4. The summed E-state index contributed by atoms with van der Waals surface area (Å²) in [5.74, 6) is 0.462. The van der Waals surface area contributed by atoms with Crippen LogP contribution in [0.1, 0.15) is 28.5 Å². The molecule has 0 fully saturated rings. The largest absolute Gasteiger partial charge is 0.462 e. The topological polar surface area (TPSA) is 75.5 Å². The number of alkyl halides is 3. The molecule has 1 aliphatic rings. The molecule has 1 aliphatic heterocycles. The molecule has 0 spiro atoms. The third kappa shape index (κ3) is 4.03. The first-order chi connectivity index (χ1) is 16.7. The van der Waals surface area contributed by atoms with E-state index in [-0.39, 0.29) is 35.3 Å². The lowest BCUT2D eigenvalue weighted by Crippen LogP contribution is -2.09. The van der Waals surface area contributed by atoms with Crippen molar-refractivity contribution in [2.24, 2.45) is 0 Å². The van der Waals surface area contributed by atoms with Crippen LogP contribution in [0.3, 0.4) is 0 Å². The number of pyridine rings is 1. The van der Waals surface area contributed by atoms with Crippen molar-refractivity contribution in [3.8, 4) is 28.4 Å². The lowest BCUT2D eigenvalue weighted by molar-refractivity contribution is -0.137. The number of nitrogens with zero attached hydrogens (tertiary/aromatic N) is 3. The predicted octanol–water partition coefficient (Wildman–Crippen LogP) is 5.97. The molecule has 11 heteroatoms. The summed E-state index contributed by atoms with van der Waals surface area (Å²) in [6.45, 7) is 3.52. The van der Waals surface area contributed by atoms with Gasteiger partial charge in [-0.1, -0.05) is 11.6 Å². The monoisotopic (exact) mass is 503 g/mol. The Hall–Kier alpha value is -3.79. The summed E-state index contributed by atoms with van der Waals surface area (Å²) in [7, 11) is 0. The van der Waals surface area contributed by atoms with E-state index < -0.39 is 17.7 Å². The smallest absolute Gasteiger partial charge is 0.416 e. The Morgan fingerprint density at radius 3 is 2.66 bits per heavy atom. The second-order valence-corrected chi connectivity index (χ2v) is 8.11. The molecule has 0 N–H and O–H groups in total. The SMILES string of the molecule is CCOC(=O)c1cc(-c2ccc3c(c2)OCO3)nc2c1c(C)nn2-c1cc(C(F)(F)F)ccc1Cl. The molecule has 7 nitrogen and oxygen atoms in total. The van der Waals surface area contributed by atoms with Gasteiger partial charge < -0.3 is 14.2 Å². The van der Waals surface area contributed by atoms with Crippen molar-refractivity contribution in [3.05, 3.63) is 64.3 Å². The van der Waals surface area contributed by atoms with Crippen LogP contribution < -0.4 is 9.47 Å². The summed E-state index contributed by atoms with van der Waals surface area (Å²) in [6.07, 6.45) is -4.58. The third-order valence-corrected chi connectivity index (χ3v) is 5.80. The number of esters is 1. The number of fused-ring (bicyclic) bond motifs is 2. The molecule has 5 rings (SSSR count). The molecule has 3 heterocycles. The van der Waals surface area contributed by atoms with E-state index in [0.717, 1.165) is 18.2 Å². The van der Waals surface area contributed by atoms with Crippen LogP contribution in [-0.2, 0) is 10.9 Å². The Morgan fingerprint density at radius 2 is 1.91 bits per heavy atom. The zero-order chi connectivity index (χ0) is 24.9. The Bertz CT molecular complexity index is 1480. The van der Waals surface area contributed by atoms with E-state index >= 15 is 0 Å². The van der Waals surface area contributed by atoms with Gasteiger partial charge in [0.05, 0.1) is 45.2 Å². The Labute approximate surface area is 202 Å². The van der Waals surface area contributed by atoms with Crippen molar-refractivity contribution in [1.29, 1.82) is 0 Å². The highest BCUT2D eigenvalue weighted by Crippen LogP contribution is 2.38. The number of hydrogen-bond acceptors (Lipinski definition) is 6. The van der Waals surface area contributed by atoms with Crippen molar-refractivity contribution in [2.45, 2.75) is 20.0 Å². The molecule has 0 aliphatic carbocycles. The minimum Gasteiger partial charge on any atom is -0.462 e. The van der Waals surface area contributed by atoms with E-state index in [1.807, 2.05) is 0 Å². The second-order valence-electron chi connectivity index (χ2n) is 7.70. The maximum Gasteiger partial charge on any atom is 0.416 e. The number of aryl methyl sites for hydroxylation is 1. The van der Waals surface area contributed by atoms with Crippen LogP contribution in [-0.4, -0.2) is 34.1 Å². The van der Waals surface area contributed by atoms with Gasteiger partial charge in [0.1, 0.15) is 0 Å². The lowest BCUT2D eigenvalue weighted by atomic mass is 10.0. The van der Waals surface area contributed by atoms with Crippen LogP contribution in [0.15, 0.2) is 42.5 Å². The van der Waals surface area contributed by atoms with E-state index in [9.17, 15) is 18.0 Å². The first-order valence-electron chi connectivity index (χ1n) is 10.5. The van der Waals surface area contributed by atoms with E-state index in [4.69, 9.17) is 25.8 Å². The summed E-state index contributed by atoms with van der Waals surface area (Å²) < 4.78 is 57.5. The number of ether oxygens (including phenoxy) is 3. The van der Waals surface area contributed by atoms with Gasteiger partial charge in [0.2, 0.25) is 6.79 Å². The molecule has 0 amide bonds. The van der Waals surface area contributed by atoms with Gasteiger partial charge in [0, 0.05) is 5.56 Å². The number of hydrogen-bond donors (Lipinski definition) is 0. The molecule has 0 unspecified atom stereocenters. The number of aromatic nitrogens is 3. The molecule has 2 aromatic heterocycles. The standard InChI is InChI=1S/C24H17ClF3N3O4/c1-3-33-23(32)15-10-17(13-4-7-19-20(8-13)35-11-34-19)29-22-21(15)12(2)30-31(22)18-9-14(24(26,27)28)5-6-16(18)25/h4-10H,3,11H2,1-2H3. The molecule has 2 aromatic carbocycles. The number of rotatable bonds is 4. The highest BCUT2D eigenvalue weighted by Gasteiger charge is 2.32. The minimum absolute atomic E-state index is 0.0234. The third-order valence-electron chi connectivity index (χ3n) is 5.48.